The first kappa shape index (κ1) is 20.0. The quantitative estimate of drug-likeness (QED) is 0.420. The molecule has 1 aliphatic rings. The van der Waals surface area contributed by atoms with Crippen LogP contribution in [0.2, 0.25) is 0 Å². The van der Waals surface area contributed by atoms with Gasteiger partial charge in [-0.2, -0.15) is 0 Å². The molecule has 28 heavy (non-hydrogen) atoms. The highest BCUT2D eigenvalue weighted by molar-refractivity contribution is 6.13. The summed E-state index contributed by atoms with van der Waals surface area (Å²) in [5.74, 6) is -0.240. The maximum absolute atomic E-state index is 12.8. The van der Waals surface area contributed by atoms with E-state index in [1.165, 1.54) is 0 Å². The minimum absolute atomic E-state index is 0.114. The average molecular weight is 377 g/mol. The predicted octanol–water partition coefficient (Wildman–Crippen LogP) is 4.61. The molecule has 0 spiro atoms. The van der Waals surface area contributed by atoms with Gasteiger partial charge in [0.2, 0.25) is 0 Å². The zero-order valence-electron chi connectivity index (χ0n) is 16.3. The Kier molecular flexibility index (Phi) is 7.12. The van der Waals surface area contributed by atoms with Crippen LogP contribution >= 0.6 is 0 Å². The van der Waals surface area contributed by atoms with Crippen molar-refractivity contribution in [2.75, 3.05) is 6.61 Å². The van der Waals surface area contributed by atoms with Crippen molar-refractivity contribution < 1.29 is 14.3 Å². The first-order chi connectivity index (χ1) is 13.7. The molecule has 4 heteroatoms. The van der Waals surface area contributed by atoms with E-state index in [0.29, 0.717) is 19.4 Å². The van der Waals surface area contributed by atoms with Crippen LogP contribution in [0, 0.1) is 5.92 Å². The van der Waals surface area contributed by atoms with E-state index in [9.17, 15) is 9.59 Å². The first-order valence-electron chi connectivity index (χ1n) is 10.1. The molecule has 0 amide bonds. The van der Waals surface area contributed by atoms with E-state index < -0.39 is 6.04 Å². The summed E-state index contributed by atoms with van der Waals surface area (Å²) in [5.41, 5.74) is 2.65. The number of Topliss-reactive ketones (excluding diaryl/α,β-unsaturated/α-hetero) is 1. The normalized spacial score (nSPS) is 18.0. The summed E-state index contributed by atoms with van der Waals surface area (Å²) >= 11 is 0. The van der Waals surface area contributed by atoms with E-state index in [4.69, 9.17) is 9.73 Å². The van der Waals surface area contributed by atoms with Gasteiger partial charge in [0.25, 0.3) is 0 Å². The van der Waals surface area contributed by atoms with Crippen LogP contribution in [0.4, 0.5) is 0 Å². The number of esters is 1. The number of ether oxygens (including phenoxy) is 1. The highest BCUT2D eigenvalue weighted by Gasteiger charge is 2.32. The highest BCUT2D eigenvalue weighted by atomic mass is 16.5. The van der Waals surface area contributed by atoms with E-state index in [1.807, 2.05) is 60.7 Å². The van der Waals surface area contributed by atoms with Crippen molar-refractivity contribution in [2.45, 2.75) is 45.1 Å². The molecule has 0 radical (unpaired) electrons. The van der Waals surface area contributed by atoms with Crippen LogP contribution in [0.25, 0.3) is 0 Å². The van der Waals surface area contributed by atoms with E-state index in [1.54, 1.807) is 6.92 Å². The van der Waals surface area contributed by atoms with Gasteiger partial charge in [0.15, 0.2) is 6.04 Å². The molecular weight excluding hydrogens is 350 g/mol. The molecule has 0 saturated heterocycles. The molecule has 4 nitrogen and oxygen atoms in total. The molecule has 146 valence electrons. The lowest BCUT2D eigenvalue weighted by Gasteiger charge is -2.22. The number of carbonyl (C=O) groups excluding carboxylic acids is 2. The number of hydrogen-bond acceptors (Lipinski definition) is 4. The van der Waals surface area contributed by atoms with Crippen molar-refractivity contribution in [3.05, 3.63) is 71.8 Å². The topological polar surface area (TPSA) is 55.7 Å². The van der Waals surface area contributed by atoms with Crippen molar-refractivity contribution in [3.63, 3.8) is 0 Å². The molecule has 1 saturated carbocycles. The second kappa shape index (κ2) is 9.98. The summed E-state index contributed by atoms with van der Waals surface area (Å²) in [4.78, 5) is 29.9. The third-order valence-electron chi connectivity index (χ3n) is 5.11. The van der Waals surface area contributed by atoms with Gasteiger partial charge in [-0.15, -0.1) is 0 Å². The van der Waals surface area contributed by atoms with Crippen molar-refractivity contribution in [1.29, 1.82) is 0 Å². The van der Waals surface area contributed by atoms with Crippen LogP contribution in [0.1, 0.15) is 50.2 Å². The van der Waals surface area contributed by atoms with Crippen LogP contribution in [0.3, 0.4) is 0 Å². The van der Waals surface area contributed by atoms with Crippen LogP contribution in [0.15, 0.2) is 65.7 Å². The highest BCUT2D eigenvalue weighted by Crippen LogP contribution is 2.27. The van der Waals surface area contributed by atoms with E-state index in [0.717, 1.165) is 36.1 Å². The third-order valence-corrected chi connectivity index (χ3v) is 5.11. The van der Waals surface area contributed by atoms with Crippen LogP contribution in [-0.4, -0.2) is 30.1 Å². The van der Waals surface area contributed by atoms with Gasteiger partial charge in [-0.3, -0.25) is 9.79 Å². The molecular formula is C24H27NO3. The summed E-state index contributed by atoms with van der Waals surface area (Å²) in [6, 6.07) is 19.1. The minimum atomic E-state index is -0.669. The third kappa shape index (κ3) is 5.16. The Bertz CT molecular complexity index is 773. The van der Waals surface area contributed by atoms with E-state index in [-0.39, 0.29) is 17.7 Å². The number of ketones is 1. The number of carbonyl (C=O) groups is 2. The lowest BCUT2D eigenvalue weighted by atomic mass is 9.91. The van der Waals surface area contributed by atoms with Gasteiger partial charge in [-0.25, -0.2) is 4.79 Å². The van der Waals surface area contributed by atoms with Gasteiger partial charge in [0.1, 0.15) is 5.78 Å². The van der Waals surface area contributed by atoms with Gasteiger partial charge in [-0.1, -0.05) is 67.1 Å². The SMILES string of the molecule is CCOC(=O)C(N=C(c1ccccc1)c1ccccc1)[C@H]1CCCCC(=O)C1. The average Bonchev–Trinajstić information content (AvgIpc) is 2.94. The zero-order chi connectivity index (χ0) is 19.8. The minimum Gasteiger partial charge on any atom is -0.464 e. The van der Waals surface area contributed by atoms with E-state index in [2.05, 4.69) is 0 Å². The number of aliphatic imine (C=N–C) groups is 1. The Balaban J connectivity index is 2.05. The van der Waals surface area contributed by atoms with Crippen LogP contribution < -0.4 is 0 Å². The lowest BCUT2D eigenvalue weighted by Crippen LogP contribution is -2.32. The van der Waals surface area contributed by atoms with Gasteiger partial charge in [-0.05, 0) is 25.7 Å². The summed E-state index contributed by atoms with van der Waals surface area (Å²) in [6.45, 7) is 2.10. The fraction of sp³-hybridized carbons (Fsp3) is 0.375. The number of nitrogens with zero attached hydrogens (tertiary/aromatic N) is 1. The second-order valence-electron chi connectivity index (χ2n) is 7.16. The Morgan fingerprint density at radius 3 is 2.21 bits per heavy atom. The largest absolute Gasteiger partial charge is 0.464 e. The molecule has 0 aliphatic heterocycles. The fourth-order valence-electron chi connectivity index (χ4n) is 3.72. The molecule has 0 aromatic heterocycles. The molecule has 1 aliphatic carbocycles. The Labute approximate surface area is 166 Å². The van der Waals surface area contributed by atoms with E-state index >= 15 is 0 Å². The molecule has 2 aromatic carbocycles. The summed E-state index contributed by atoms with van der Waals surface area (Å²) in [7, 11) is 0. The molecule has 2 aromatic rings. The summed E-state index contributed by atoms with van der Waals surface area (Å²) in [6.07, 6.45) is 3.63. The van der Waals surface area contributed by atoms with Gasteiger partial charge in [0, 0.05) is 24.0 Å². The lowest BCUT2D eigenvalue weighted by molar-refractivity contribution is -0.146. The molecule has 0 heterocycles. The first-order valence-corrected chi connectivity index (χ1v) is 10.1. The van der Waals surface area contributed by atoms with Crippen LogP contribution in [0.5, 0.6) is 0 Å². The van der Waals surface area contributed by atoms with Crippen LogP contribution in [-0.2, 0) is 14.3 Å². The Morgan fingerprint density at radius 1 is 1.04 bits per heavy atom. The fourth-order valence-corrected chi connectivity index (χ4v) is 3.72. The maximum Gasteiger partial charge on any atom is 0.331 e. The smallest absolute Gasteiger partial charge is 0.331 e. The van der Waals surface area contributed by atoms with Crippen molar-refractivity contribution in [1.82, 2.24) is 0 Å². The zero-order valence-corrected chi connectivity index (χ0v) is 16.3. The monoisotopic (exact) mass is 377 g/mol. The number of rotatable bonds is 6. The number of benzene rings is 2. The molecule has 3 rings (SSSR count). The Morgan fingerprint density at radius 2 is 1.64 bits per heavy atom. The molecule has 1 fully saturated rings. The van der Waals surface area contributed by atoms with Gasteiger partial charge in [0.05, 0.1) is 12.3 Å². The molecule has 0 N–H and O–H groups in total. The summed E-state index contributed by atoms with van der Waals surface area (Å²) in [5, 5.41) is 0. The van der Waals surface area contributed by atoms with Gasteiger partial charge >= 0.3 is 5.97 Å². The van der Waals surface area contributed by atoms with Crippen molar-refractivity contribution >= 4 is 17.5 Å². The van der Waals surface area contributed by atoms with Crippen molar-refractivity contribution in [2.24, 2.45) is 10.9 Å². The predicted molar refractivity (Wildman–Crippen MR) is 111 cm³/mol. The molecule has 2 atom stereocenters. The van der Waals surface area contributed by atoms with Crippen molar-refractivity contribution in [3.8, 4) is 0 Å². The molecule has 0 bridgehead atoms. The molecule has 1 unspecified atom stereocenters. The maximum atomic E-state index is 12.8. The van der Waals surface area contributed by atoms with Gasteiger partial charge < -0.3 is 4.74 Å². The standard InChI is InChI=1S/C24H27NO3/c1-2-28-24(27)23(20-15-9-10-16-21(26)17-20)25-22(18-11-5-3-6-12-18)19-13-7-4-8-14-19/h3-8,11-14,20,23H,2,9-10,15-17H2,1H3/t20-,23?/m0/s1. The second-order valence-corrected chi connectivity index (χ2v) is 7.16. The summed E-state index contributed by atoms with van der Waals surface area (Å²) < 4.78 is 5.35. The number of hydrogen-bond donors (Lipinski definition) is 0. The Hall–Kier alpha value is -2.75.